The molecule has 0 aliphatic carbocycles. The molecular weight excluding hydrogens is 205 g/mol. The van der Waals surface area contributed by atoms with E-state index in [1.807, 2.05) is 0 Å². The number of carbonyl (C=O) groups excluding carboxylic acids is 1. The summed E-state index contributed by atoms with van der Waals surface area (Å²) in [6.07, 6.45) is 2.03. The van der Waals surface area contributed by atoms with E-state index in [4.69, 9.17) is 9.73 Å². The van der Waals surface area contributed by atoms with E-state index in [0.29, 0.717) is 26.0 Å². The predicted octanol–water partition coefficient (Wildman–Crippen LogP) is 0.831. The van der Waals surface area contributed by atoms with E-state index < -0.39 is 7.37 Å². The van der Waals surface area contributed by atoms with Crippen LogP contribution in [0.2, 0.25) is 0 Å². The second kappa shape index (κ2) is 4.91. The van der Waals surface area contributed by atoms with E-state index in [0.717, 1.165) is 6.42 Å². The highest BCUT2D eigenvalue weighted by atomic mass is 31.2. The van der Waals surface area contributed by atoms with Gasteiger partial charge in [0.2, 0.25) is 5.91 Å². The van der Waals surface area contributed by atoms with Crippen LogP contribution in [0.5, 0.6) is 0 Å². The molecule has 5 nitrogen and oxygen atoms in total. The standard InChI is InChI=1S/C8H16NO4P/c1-14(11,12)7-3-5-9-8(10)4-2-6-13-9/h2-7H2,1H3,(H,11,12). The van der Waals surface area contributed by atoms with Crippen LogP contribution >= 0.6 is 7.37 Å². The number of rotatable bonds is 4. The van der Waals surface area contributed by atoms with Gasteiger partial charge < -0.3 is 4.89 Å². The van der Waals surface area contributed by atoms with Crippen molar-refractivity contribution in [1.29, 1.82) is 0 Å². The van der Waals surface area contributed by atoms with Gasteiger partial charge in [-0.25, -0.2) is 5.06 Å². The highest BCUT2D eigenvalue weighted by Crippen LogP contribution is 2.35. The van der Waals surface area contributed by atoms with E-state index in [1.54, 1.807) is 0 Å². The highest BCUT2D eigenvalue weighted by Gasteiger charge is 2.19. The molecule has 1 fully saturated rings. The van der Waals surface area contributed by atoms with E-state index in [1.165, 1.54) is 11.7 Å². The van der Waals surface area contributed by atoms with E-state index in [9.17, 15) is 9.36 Å². The van der Waals surface area contributed by atoms with E-state index in [2.05, 4.69) is 0 Å². The van der Waals surface area contributed by atoms with Crippen LogP contribution in [0.1, 0.15) is 19.3 Å². The third-order valence-electron chi connectivity index (χ3n) is 1.99. The average Bonchev–Trinajstić information content (AvgIpc) is 2.06. The van der Waals surface area contributed by atoms with Crippen molar-refractivity contribution in [3.8, 4) is 0 Å². The smallest absolute Gasteiger partial charge is 0.246 e. The zero-order valence-corrected chi connectivity index (χ0v) is 9.20. The van der Waals surface area contributed by atoms with E-state index >= 15 is 0 Å². The van der Waals surface area contributed by atoms with Crippen LogP contribution in [0.4, 0.5) is 0 Å². The zero-order chi connectivity index (χ0) is 10.6. The minimum absolute atomic E-state index is 0.0277. The van der Waals surface area contributed by atoms with Gasteiger partial charge in [-0.2, -0.15) is 0 Å². The van der Waals surface area contributed by atoms with Crippen molar-refractivity contribution >= 4 is 13.3 Å². The van der Waals surface area contributed by atoms with Crippen LogP contribution < -0.4 is 0 Å². The maximum absolute atomic E-state index is 11.2. The molecule has 0 saturated carbocycles. The lowest BCUT2D eigenvalue weighted by atomic mass is 10.3. The lowest BCUT2D eigenvalue weighted by Gasteiger charge is -2.25. The molecule has 1 rings (SSSR count). The van der Waals surface area contributed by atoms with Crippen molar-refractivity contribution in [2.75, 3.05) is 26.0 Å². The van der Waals surface area contributed by atoms with Gasteiger partial charge in [-0.1, -0.05) is 0 Å². The summed E-state index contributed by atoms with van der Waals surface area (Å²) >= 11 is 0. The first-order chi connectivity index (χ1) is 6.49. The summed E-state index contributed by atoms with van der Waals surface area (Å²) in [4.78, 5) is 25.4. The van der Waals surface area contributed by atoms with Crippen molar-refractivity contribution in [2.45, 2.75) is 19.3 Å². The second-order valence-corrected chi connectivity index (χ2v) is 6.11. The summed E-state index contributed by atoms with van der Waals surface area (Å²) in [5, 5.41) is 1.30. The minimum Gasteiger partial charge on any atom is -0.344 e. The third kappa shape index (κ3) is 4.22. The Morgan fingerprint density at radius 3 is 2.93 bits per heavy atom. The van der Waals surface area contributed by atoms with Gasteiger partial charge >= 0.3 is 0 Å². The predicted molar refractivity (Wildman–Crippen MR) is 52.1 cm³/mol. The Kier molecular flexibility index (Phi) is 4.11. The molecule has 0 spiro atoms. The maximum Gasteiger partial charge on any atom is 0.246 e. The largest absolute Gasteiger partial charge is 0.344 e. The van der Waals surface area contributed by atoms with Gasteiger partial charge in [-0.05, 0) is 12.8 Å². The first kappa shape index (κ1) is 11.7. The quantitative estimate of drug-likeness (QED) is 0.714. The lowest BCUT2D eigenvalue weighted by Crippen LogP contribution is -2.36. The third-order valence-corrected chi connectivity index (χ3v) is 3.14. The monoisotopic (exact) mass is 221 g/mol. The molecule has 0 aromatic carbocycles. The van der Waals surface area contributed by atoms with Gasteiger partial charge in [0, 0.05) is 25.8 Å². The number of carbonyl (C=O) groups is 1. The molecule has 0 radical (unpaired) electrons. The molecule has 1 unspecified atom stereocenters. The molecule has 1 saturated heterocycles. The minimum atomic E-state index is -2.95. The SMILES string of the molecule is CP(=O)(O)CCCN1OCCCC1=O. The Morgan fingerprint density at radius 1 is 1.64 bits per heavy atom. The van der Waals surface area contributed by atoms with Crippen molar-refractivity contribution < 1.29 is 19.1 Å². The van der Waals surface area contributed by atoms with Gasteiger partial charge in [0.1, 0.15) is 0 Å². The van der Waals surface area contributed by atoms with Gasteiger partial charge in [0.05, 0.1) is 6.61 Å². The van der Waals surface area contributed by atoms with Crippen LogP contribution in [0.15, 0.2) is 0 Å². The molecule has 0 aromatic rings. The number of nitrogens with zero attached hydrogens (tertiary/aromatic N) is 1. The maximum atomic E-state index is 11.2. The topological polar surface area (TPSA) is 66.8 Å². The fourth-order valence-electron chi connectivity index (χ4n) is 1.29. The molecule has 1 atom stereocenters. The summed E-state index contributed by atoms with van der Waals surface area (Å²) < 4.78 is 10.9. The molecule has 14 heavy (non-hydrogen) atoms. The second-order valence-electron chi connectivity index (χ2n) is 3.56. The summed E-state index contributed by atoms with van der Waals surface area (Å²) in [5.74, 6) is -0.0277. The van der Waals surface area contributed by atoms with Crippen LogP contribution in [-0.2, 0) is 14.2 Å². The normalized spacial score (nSPS) is 22.1. The van der Waals surface area contributed by atoms with Crippen molar-refractivity contribution in [3.05, 3.63) is 0 Å². The summed E-state index contributed by atoms with van der Waals surface area (Å²) in [5.41, 5.74) is 0. The molecular formula is C8H16NO4P. The van der Waals surface area contributed by atoms with Gasteiger partial charge in [0.15, 0.2) is 7.37 Å². The molecule has 1 aliphatic rings. The lowest BCUT2D eigenvalue weighted by molar-refractivity contribution is -0.198. The van der Waals surface area contributed by atoms with Crippen molar-refractivity contribution in [3.63, 3.8) is 0 Å². The number of hydrogen-bond acceptors (Lipinski definition) is 3. The Bertz CT molecular complexity index is 250. The van der Waals surface area contributed by atoms with Crippen LogP contribution in [0.25, 0.3) is 0 Å². The molecule has 1 N–H and O–H groups in total. The summed E-state index contributed by atoms with van der Waals surface area (Å²) in [7, 11) is -2.95. The molecule has 0 bridgehead atoms. The first-order valence-corrected chi connectivity index (χ1v) is 7.01. The Labute approximate surface area is 83.4 Å². The van der Waals surface area contributed by atoms with Crippen LogP contribution in [0.3, 0.4) is 0 Å². The highest BCUT2D eigenvalue weighted by molar-refractivity contribution is 7.57. The summed E-state index contributed by atoms with van der Waals surface area (Å²) in [6.45, 7) is 2.30. The fraction of sp³-hybridized carbons (Fsp3) is 0.875. The van der Waals surface area contributed by atoms with Crippen molar-refractivity contribution in [1.82, 2.24) is 5.06 Å². The van der Waals surface area contributed by atoms with Gasteiger partial charge in [-0.3, -0.25) is 14.2 Å². The fourth-order valence-corrected chi connectivity index (χ4v) is 2.02. The Hall–Kier alpha value is -0.380. The molecule has 1 aliphatic heterocycles. The Morgan fingerprint density at radius 2 is 2.36 bits per heavy atom. The number of hydrogen-bond donors (Lipinski definition) is 1. The first-order valence-electron chi connectivity index (χ1n) is 4.71. The van der Waals surface area contributed by atoms with Crippen molar-refractivity contribution in [2.24, 2.45) is 0 Å². The molecule has 1 heterocycles. The van der Waals surface area contributed by atoms with Crippen LogP contribution in [-0.4, -0.2) is 41.8 Å². The van der Waals surface area contributed by atoms with Crippen LogP contribution in [0, 0.1) is 0 Å². The molecule has 1 amide bonds. The number of hydroxylamine groups is 2. The average molecular weight is 221 g/mol. The number of amides is 1. The Balaban J connectivity index is 2.23. The zero-order valence-electron chi connectivity index (χ0n) is 8.31. The molecule has 82 valence electrons. The summed E-state index contributed by atoms with van der Waals surface area (Å²) in [6, 6.07) is 0. The molecule has 6 heteroatoms. The van der Waals surface area contributed by atoms with Gasteiger partial charge in [-0.15, -0.1) is 0 Å². The van der Waals surface area contributed by atoms with E-state index in [-0.39, 0.29) is 12.1 Å². The molecule has 0 aromatic heterocycles. The van der Waals surface area contributed by atoms with Gasteiger partial charge in [0.25, 0.3) is 0 Å².